The molecule has 0 spiro atoms. The Kier molecular flexibility index (Phi) is 4.40. The molecule has 0 bridgehead atoms. The van der Waals surface area contributed by atoms with Gasteiger partial charge in [-0.3, -0.25) is 0 Å². The lowest BCUT2D eigenvalue weighted by Crippen LogP contribution is -2.34. The second-order valence-electron chi connectivity index (χ2n) is 4.84. The summed E-state index contributed by atoms with van der Waals surface area (Å²) in [6.45, 7) is 5.08. The van der Waals surface area contributed by atoms with Crippen molar-refractivity contribution < 1.29 is 4.74 Å². The summed E-state index contributed by atoms with van der Waals surface area (Å²) in [4.78, 5) is 2.40. The van der Waals surface area contributed by atoms with E-state index in [-0.39, 0.29) is 0 Å². The van der Waals surface area contributed by atoms with E-state index in [1.807, 2.05) is 30.3 Å². The Labute approximate surface area is 104 Å². The Morgan fingerprint density at radius 3 is 2.76 bits per heavy atom. The SMILES string of the molecule is CC1CC(NCCOc2ccccc2)CN1C. The highest BCUT2D eigenvalue weighted by Crippen LogP contribution is 2.14. The molecule has 1 heterocycles. The molecule has 0 amide bonds. The van der Waals surface area contributed by atoms with Gasteiger partial charge < -0.3 is 15.0 Å². The van der Waals surface area contributed by atoms with E-state index >= 15 is 0 Å². The predicted octanol–water partition coefficient (Wildman–Crippen LogP) is 1.75. The van der Waals surface area contributed by atoms with Crippen LogP contribution in [0.1, 0.15) is 13.3 Å². The molecular weight excluding hydrogens is 212 g/mol. The van der Waals surface area contributed by atoms with Crippen molar-refractivity contribution in [3.8, 4) is 5.75 Å². The molecule has 1 aromatic carbocycles. The topological polar surface area (TPSA) is 24.5 Å². The first-order chi connectivity index (χ1) is 8.25. The van der Waals surface area contributed by atoms with E-state index in [4.69, 9.17) is 4.74 Å². The molecule has 0 aliphatic carbocycles. The largest absolute Gasteiger partial charge is 0.492 e. The van der Waals surface area contributed by atoms with E-state index in [0.717, 1.165) is 25.4 Å². The van der Waals surface area contributed by atoms with Gasteiger partial charge in [0.1, 0.15) is 12.4 Å². The van der Waals surface area contributed by atoms with Gasteiger partial charge in [0, 0.05) is 25.2 Å². The van der Waals surface area contributed by atoms with Crippen molar-refractivity contribution in [2.75, 3.05) is 26.7 Å². The molecule has 94 valence electrons. The van der Waals surface area contributed by atoms with Crippen LogP contribution in [0.15, 0.2) is 30.3 Å². The molecule has 17 heavy (non-hydrogen) atoms. The fourth-order valence-corrected chi connectivity index (χ4v) is 2.29. The number of nitrogens with zero attached hydrogens (tertiary/aromatic N) is 1. The van der Waals surface area contributed by atoms with Gasteiger partial charge in [-0.25, -0.2) is 0 Å². The first-order valence-corrected chi connectivity index (χ1v) is 6.37. The minimum Gasteiger partial charge on any atom is -0.492 e. The van der Waals surface area contributed by atoms with Gasteiger partial charge in [-0.2, -0.15) is 0 Å². The number of para-hydroxylation sites is 1. The Hall–Kier alpha value is -1.06. The number of likely N-dealkylation sites (N-methyl/N-ethyl adjacent to an activating group) is 1. The zero-order valence-corrected chi connectivity index (χ0v) is 10.7. The van der Waals surface area contributed by atoms with Crippen LogP contribution in [-0.4, -0.2) is 43.7 Å². The van der Waals surface area contributed by atoms with E-state index in [1.54, 1.807) is 0 Å². The van der Waals surface area contributed by atoms with Crippen LogP contribution in [0.25, 0.3) is 0 Å². The van der Waals surface area contributed by atoms with Gasteiger partial charge in [0.05, 0.1) is 0 Å². The molecule has 2 atom stereocenters. The van der Waals surface area contributed by atoms with Crippen LogP contribution < -0.4 is 10.1 Å². The van der Waals surface area contributed by atoms with Crippen LogP contribution in [0.2, 0.25) is 0 Å². The third-order valence-electron chi connectivity index (χ3n) is 3.43. The average Bonchev–Trinajstić information content (AvgIpc) is 2.66. The summed E-state index contributed by atoms with van der Waals surface area (Å²) < 4.78 is 5.64. The number of benzene rings is 1. The monoisotopic (exact) mass is 234 g/mol. The number of likely N-dealkylation sites (tertiary alicyclic amines) is 1. The minimum atomic E-state index is 0.620. The molecule has 1 fully saturated rings. The van der Waals surface area contributed by atoms with E-state index < -0.39 is 0 Å². The highest BCUT2D eigenvalue weighted by atomic mass is 16.5. The van der Waals surface area contributed by atoms with E-state index in [9.17, 15) is 0 Å². The average molecular weight is 234 g/mol. The fourth-order valence-electron chi connectivity index (χ4n) is 2.29. The Morgan fingerprint density at radius 1 is 1.35 bits per heavy atom. The number of nitrogens with one attached hydrogen (secondary N) is 1. The van der Waals surface area contributed by atoms with Crippen LogP contribution in [0.3, 0.4) is 0 Å². The smallest absolute Gasteiger partial charge is 0.119 e. The van der Waals surface area contributed by atoms with Crippen molar-refractivity contribution in [2.24, 2.45) is 0 Å². The molecule has 1 aliphatic heterocycles. The molecule has 1 N–H and O–H groups in total. The summed E-state index contributed by atoms with van der Waals surface area (Å²) in [5.74, 6) is 0.950. The van der Waals surface area contributed by atoms with Crippen LogP contribution >= 0.6 is 0 Å². The van der Waals surface area contributed by atoms with Gasteiger partial charge in [-0.1, -0.05) is 18.2 Å². The highest BCUT2D eigenvalue weighted by molar-refractivity contribution is 5.20. The third-order valence-corrected chi connectivity index (χ3v) is 3.43. The highest BCUT2D eigenvalue weighted by Gasteiger charge is 2.25. The lowest BCUT2D eigenvalue weighted by atomic mass is 10.2. The van der Waals surface area contributed by atoms with Crippen LogP contribution in [-0.2, 0) is 0 Å². The third kappa shape index (κ3) is 3.72. The molecule has 3 heteroatoms. The zero-order chi connectivity index (χ0) is 12.1. The Bertz CT molecular complexity index is 318. The molecule has 2 rings (SSSR count). The summed E-state index contributed by atoms with van der Waals surface area (Å²) in [6, 6.07) is 11.3. The van der Waals surface area contributed by atoms with Crippen LogP contribution in [0.5, 0.6) is 5.75 Å². The second kappa shape index (κ2) is 6.03. The zero-order valence-electron chi connectivity index (χ0n) is 10.7. The molecule has 1 aliphatic rings. The molecule has 0 radical (unpaired) electrons. The van der Waals surface area contributed by atoms with E-state index in [2.05, 4.69) is 24.2 Å². The summed E-state index contributed by atoms with van der Waals surface area (Å²) >= 11 is 0. The lowest BCUT2D eigenvalue weighted by Gasteiger charge is -2.13. The predicted molar refractivity (Wildman–Crippen MR) is 70.4 cm³/mol. The molecule has 1 aromatic rings. The maximum absolute atomic E-state index is 5.64. The van der Waals surface area contributed by atoms with Crippen molar-refractivity contribution in [1.29, 1.82) is 0 Å². The summed E-state index contributed by atoms with van der Waals surface area (Å²) in [5, 5.41) is 3.55. The molecular formula is C14H22N2O. The molecule has 3 nitrogen and oxygen atoms in total. The maximum atomic E-state index is 5.64. The Morgan fingerprint density at radius 2 is 2.12 bits per heavy atom. The second-order valence-corrected chi connectivity index (χ2v) is 4.84. The summed E-state index contributed by atoms with van der Waals surface area (Å²) in [6.07, 6.45) is 1.24. The van der Waals surface area contributed by atoms with Crippen molar-refractivity contribution in [3.05, 3.63) is 30.3 Å². The van der Waals surface area contributed by atoms with Gasteiger partial charge in [0.15, 0.2) is 0 Å². The molecule has 1 saturated heterocycles. The quantitative estimate of drug-likeness (QED) is 0.786. The minimum absolute atomic E-state index is 0.620. The van der Waals surface area contributed by atoms with Crippen molar-refractivity contribution in [2.45, 2.75) is 25.4 Å². The molecule has 2 unspecified atom stereocenters. The van der Waals surface area contributed by atoms with E-state index in [1.165, 1.54) is 6.42 Å². The number of rotatable bonds is 5. The van der Waals surface area contributed by atoms with Crippen molar-refractivity contribution >= 4 is 0 Å². The first kappa shape index (κ1) is 12.4. The number of hydrogen-bond acceptors (Lipinski definition) is 3. The summed E-state index contributed by atoms with van der Waals surface area (Å²) in [7, 11) is 2.19. The van der Waals surface area contributed by atoms with Gasteiger partial charge in [-0.15, -0.1) is 0 Å². The first-order valence-electron chi connectivity index (χ1n) is 6.37. The standard InChI is InChI=1S/C14H22N2O/c1-12-10-13(11-16(12)2)15-8-9-17-14-6-4-3-5-7-14/h3-7,12-13,15H,8-11H2,1-2H3. The van der Waals surface area contributed by atoms with Crippen molar-refractivity contribution in [1.82, 2.24) is 10.2 Å². The number of ether oxygens (including phenoxy) is 1. The summed E-state index contributed by atoms with van der Waals surface area (Å²) in [5.41, 5.74) is 0. The normalized spacial score (nSPS) is 25.1. The lowest BCUT2D eigenvalue weighted by molar-refractivity contribution is 0.301. The van der Waals surface area contributed by atoms with Crippen molar-refractivity contribution in [3.63, 3.8) is 0 Å². The number of hydrogen-bond donors (Lipinski definition) is 1. The van der Waals surface area contributed by atoms with Crippen LogP contribution in [0, 0.1) is 0 Å². The van der Waals surface area contributed by atoms with Gasteiger partial charge in [-0.05, 0) is 32.5 Å². The van der Waals surface area contributed by atoms with E-state index in [0.29, 0.717) is 12.1 Å². The molecule has 0 saturated carbocycles. The molecule has 0 aromatic heterocycles. The van der Waals surface area contributed by atoms with Gasteiger partial charge in [0.25, 0.3) is 0 Å². The van der Waals surface area contributed by atoms with Crippen LogP contribution in [0.4, 0.5) is 0 Å². The van der Waals surface area contributed by atoms with Gasteiger partial charge in [0.2, 0.25) is 0 Å². The maximum Gasteiger partial charge on any atom is 0.119 e. The van der Waals surface area contributed by atoms with Gasteiger partial charge >= 0.3 is 0 Å². The Balaban J connectivity index is 1.61. The fraction of sp³-hybridized carbons (Fsp3) is 0.571.